The smallest absolute Gasteiger partial charge is 0.343 e. The fraction of sp³-hybridized carbons (Fsp3) is 0.211. The molecule has 7 rings (SSSR count). The number of aromatic nitrogens is 3. The number of phenolic OH excluding ortho intramolecular Hbond substituents is 2. The van der Waals surface area contributed by atoms with Crippen molar-refractivity contribution in [3.8, 4) is 28.7 Å². The number of phenols is 2. The molecule has 0 unspecified atom stereocenters. The fourth-order valence-corrected chi connectivity index (χ4v) is 6.36. The molecule has 256 valence electrons. The summed E-state index contributed by atoms with van der Waals surface area (Å²) in [5, 5.41) is 26.1. The number of amides is 1. The summed E-state index contributed by atoms with van der Waals surface area (Å²) in [7, 11) is 1.63. The molecule has 0 atom stereocenters. The van der Waals surface area contributed by atoms with E-state index in [-0.39, 0.29) is 23.6 Å². The topological polar surface area (TPSA) is 188 Å². The minimum Gasteiger partial charge on any atom is -0.504 e. The maximum atomic E-state index is 13.1. The lowest BCUT2D eigenvalue weighted by Crippen LogP contribution is -2.27. The zero-order valence-corrected chi connectivity index (χ0v) is 27.4. The van der Waals surface area contributed by atoms with Gasteiger partial charge in [-0.05, 0) is 97.1 Å². The van der Waals surface area contributed by atoms with E-state index in [1.54, 1.807) is 19.2 Å². The predicted octanol–water partition coefficient (Wildman–Crippen LogP) is 5.39. The molecule has 0 spiro atoms. The van der Waals surface area contributed by atoms with Crippen molar-refractivity contribution >= 4 is 39.8 Å². The zero-order valence-electron chi connectivity index (χ0n) is 27.4. The summed E-state index contributed by atoms with van der Waals surface area (Å²) >= 11 is 0. The van der Waals surface area contributed by atoms with Gasteiger partial charge in [0.05, 0.1) is 19.1 Å². The molecule has 0 saturated heterocycles. The molecule has 1 aliphatic rings. The molecule has 0 bridgehead atoms. The maximum Gasteiger partial charge on any atom is 0.343 e. The number of H-pyrrole nitrogens is 3. The van der Waals surface area contributed by atoms with Crippen molar-refractivity contribution in [2.24, 2.45) is 5.73 Å². The fourth-order valence-electron chi connectivity index (χ4n) is 6.36. The number of aromatic amines is 3. The van der Waals surface area contributed by atoms with Gasteiger partial charge in [-0.3, -0.25) is 4.79 Å². The number of aromatic hydroxyl groups is 2. The van der Waals surface area contributed by atoms with Gasteiger partial charge in [0, 0.05) is 64.6 Å². The van der Waals surface area contributed by atoms with Crippen molar-refractivity contribution < 1.29 is 34.0 Å². The number of methoxy groups -OCH3 is 1. The van der Waals surface area contributed by atoms with Gasteiger partial charge in [-0.1, -0.05) is 0 Å². The van der Waals surface area contributed by atoms with Crippen LogP contribution in [0.3, 0.4) is 0 Å². The van der Waals surface area contributed by atoms with Crippen molar-refractivity contribution in [3.05, 3.63) is 106 Å². The van der Waals surface area contributed by atoms with Crippen molar-refractivity contribution in [1.29, 1.82) is 0 Å². The highest BCUT2D eigenvalue weighted by Crippen LogP contribution is 2.39. The number of aryl methyl sites for hydroxylation is 1. The minimum absolute atomic E-state index is 0.00507. The number of carbonyl (C=O) groups excluding carboxylic acids is 2. The normalized spacial score (nSPS) is 12.5. The molecular formula is C38H37N5O7. The molecule has 12 nitrogen and oxygen atoms in total. The second-order valence-corrected chi connectivity index (χ2v) is 12.2. The van der Waals surface area contributed by atoms with Crippen molar-refractivity contribution in [1.82, 2.24) is 20.3 Å². The van der Waals surface area contributed by atoms with Crippen LogP contribution in [0.4, 0.5) is 0 Å². The van der Waals surface area contributed by atoms with Crippen LogP contribution in [0.25, 0.3) is 27.9 Å². The molecule has 50 heavy (non-hydrogen) atoms. The molecule has 0 fully saturated rings. The summed E-state index contributed by atoms with van der Waals surface area (Å²) in [5.74, 6) is -0.381. The zero-order chi connectivity index (χ0) is 34.8. The van der Waals surface area contributed by atoms with Crippen molar-refractivity contribution in [3.63, 3.8) is 0 Å². The Morgan fingerprint density at radius 1 is 0.860 bits per heavy atom. The molecule has 6 aromatic rings. The van der Waals surface area contributed by atoms with Gasteiger partial charge in [0.15, 0.2) is 11.5 Å². The lowest BCUT2D eigenvalue weighted by Gasteiger charge is -2.17. The van der Waals surface area contributed by atoms with E-state index in [0.29, 0.717) is 50.3 Å². The van der Waals surface area contributed by atoms with Gasteiger partial charge in [0.1, 0.15) is 17.3 Å². The Morgan fingerprint density at radius 3 is 2.30 bits per heavy atom. The Kier molecular flexibility index (Phi) is 8.92. The van der Waals surface area contributed by atoms with Crippen LogP contribution in [0, 0.1) is 0 Å². The number of benzene rings is 3. The van der Waals surface area contributed by atoms with Crippen LogP contribution in [0.15, 0.2) is 72.9 Å². The Balaban J connectivity index is 1.01. The highest BCUT2D eigenvalue weighted by Gasteiger charge is 2.22. The van der Waals surface area contributed by atoms with Gasteiger partial charge in [-0.25, -0.2) is 4.79 Å². The van der Waals surface area contributed by atoms with E-state index in [1.807, 2.05) is 48.9 Å². The Morgan fingerprint density at radius 2 is 1.56 bits per heavy atom. The van der Waals surface area contributed by atoms with Crippen LogP contribution in [-0.4, -0.2) is 57.2 Å². The molecule has 0 radical (unpaired) electrons. The first-order valence-corrected chi connectivity index (χ1v) is 16.4. The van der Waals surface area contributed by atoms with Crippen LogP contribution in [0.2, 0.25) is 0 Å². The number of hydrogen-bond acceptors (Lipinski definition) is 8. The van der Waals surface area contributed by atoms with E-state index < -0.39 is 17.5 Å². The van der Waals surface area contributed by atoms with Gasteiger partial charge < -0.3 is 50.4 Å². The summed E-state index contributed by atoms with van der Waals surface area (Å²) in [6.07, 6.45) is 10.0. The van der Waals surface area contributed by atoms with Crippen molar-refractivity contribution in [2.45, 2.75) is 32.1 Å². The van der Waals surface area contributed by atoms with E-state index >= 15 is 0 Å². The van der Waals surface area contributed by atoms with Gasteiger partial charge in [0.25, 0.3) is 0 Å². The highest BCUT2D eigenvalue weighted by atomic mass is 16.5. The quantitative estimate of drug-likeness (QED) is 0.0511. The second-order valence-electron chi connectivity index (χ2n) is 12.2. The van der Waals surface area contributed by atoms with Gasteiger partial charge in [-0.2, -0.15) is 0 Å². The summed E-state index contributed by atoms with van der Waals surface area (Å²) in [4.78, 5) is 35.8. The molecule has 3 aromatic heterocycles. The number of nitrogens with two attached hydrogens (primary N) is 1. The van der Waals surface area contributed by atoms with E-state index in [1.165, 1.54) is 6.07 Å². The van der Waals surface area contributed by atoms with Gasteiger partial charge in [-0.15, -0.1) is 0 Å². The molecule has 0 aliphatic heterocycles. The number of ether oxygens (including phenoxy) is 3. The standard InChI is InChI=1S/C38H37N5O7/c1-48-25-2-5-31-28(15-25)22(19-42-31)9-11-40-36(45)14-24-20-43-33-6-3-26(16-30(24)33)49-35-13-23(12-34(44)37(35)46)38(47)50-27-4-7-32-29(17-27)21(8-10-39)18-41-32/h2,4-5,7,12-13,15-20,41-44,46H,3,6,8-11,14,39H2,1H3,(H,40,45). The first-order chi connectivity index (χ1) is 24.3. The monoisotopic (exact) mass is 675 g/mol. The molecule has 0 saturated carbocycles. The van der Waals surface area contributed by atoms with E-state index in [4.69, 9.17) is 19.9 Å². The molecule has 3 aromatic carbocycles. The number of allylic oxidation sites excluding steroid dienone is 1. The third-order valence-electron chi connectivity index (χ3n) is 8.96. The summed E-state index contributed by atoms with van der Waals surface area (Å²) in [6, 6.07) is 13.6. The Bertz CT molecular complexity index is 2260. The largest absolute Gasteiger partial charge is 0.504 e. The Labute approximate surface area is 286 Å². The van der Waals surface area contributed by atoms with E-state index in [0.717, 1.165) is 61.6 Å². The van der Waals surface area contributed by atoms with Crippen LogP contribution in [0.1, 0.15) is 44.7 Å². The molecular weight excluding hydrogens is 638 g/mol. The minimum atomic E-state index is -0.733. The third-order valence-corrected chi connectivity index (χ3v) is 8.96. The van der Waals surface area contributed by atoms with Gasteiger partial charge >= 0.3 is 5.97 Å². The van der Waals surface area contributed by atoms with E-state index in [2.05, 4.69) is 20.3 Å². The molecule has 12 heteroatoms. The third kappa shape index (κ3) is 6.61. The second kappa shape index (κ2) is 13.8. The lowest BCUT2D eigenvalue weighted by atomic mass is 9.98. The number of nitrogens with one attached hydrogen (secondary N) is 4. The molecule has 3 heterocycles. The van der Waals surface area contributed by atoms with Crippen LogP contribution < -0.4 is 25.3 Å². The van der Waals surface area contributed by atoms with Crippen molar-refractivity contribution in [2.75, 3.05) is 20.2 Å². The summed E-state index contributed by atoms with van der Waals surface area (Å²) in [5.41, 5.74) is 12.3. The number of rotatable bonds is 12. The first-order valence-electron chi connectivity index (χ1n) is 16.4. The Hall–Kier alpha value is -6.14. The molecule has 8 N–H and O–H groups in total. The average molecular weight is 676 g/mol. The van der Waals surface area contributed by atoms with E-state index in [9.17, 15) is 19.8 Å². The molecule has 1 aliphatic carbocycles. The van der Waals surface area contributed by atoms with Crippen LogP contribution in [0.5, 0.6) is 28.7 Å². The number of esters is 1. The van der Waals surface area contributed by atoms with Crippen LogP contribution >= 0.6 is 0 Å². The maximum absolute atomic E-state index is 13.1. The van der Waals surface area contributed by atoms with Crippen LogP contribution in [-0.2, 0) is 30.5 Å². The SMILES string of the molecule is COc1ccc2[nH]cc(CCNC(=O)Cc3c[nH]c4c3C=C(Oc3cc(C(=O)Oc5ccc6[nH]cc(CCN)c6c5)cc(O)c3O)CC4)c2c1. The number of fused-ring (bicyclic) bond motifs is 3. The number of hydrogen-bond donors (Lipinski definition) is 7. The highest BCUT2D eigenvalue weighted by molar-refractivity contribution is 5.94. The predicted molar refractivity (Wildman–Crippen MR) is 189 cm³/mol. The number of carbonyl (C=O) groups is 2. The summed E-state index contributed by atoms with van der Waals surface area (Å²) < 4.78 is 17.0. The lowest BCUT2D eigenvalue weighted by molar-refractivity contribution is -0.120. The van der Waals surface area contributed by atoms with Gasteiger partial charge in [0.2, 0.25) is 11.7 Å². The molecule has 1 amide bonds. The first kappa shape index (κ1) is 32.4. The average Bonchev–Trinajstić information content (AvgIpc) is 3.83. The summed E-state index contributed by atoms with van der Waals surface area (Å²) in [6.45, 7) is 0.951.